The van der Waals surface area contributed by atoms with Crippen molar-refractivity contribution in [2.24, 2.45) is 0 Å². The minimum Gasteiger partial charge on any atom is -0.437 e. The van der Waals surface area contributed by atoms with Crippen LogP contribution in [0.2, 0.25) is 0 Å². The van der Waals surface area contributed by atoms with Crippen LogP contribution in [-0.2, 0) is 6.61 Å². The van der Waals surface area contributed by atoms with Crippen LogP contribution in [0.15, 0.2) is 47.1 Å². The molecular weight excluding hydrogens is 327 g/mol. The fourth-order valence-corrected chi connectivity index (χ4v) is 2.39. The summed E-state index contributed by atoms with van der Waals surface area (Å²) in [5, 5.41) is 9.47. The minimum absolute atomic E-state index is 0.225. The second kappa shape index (κ2) is 5.22. The van der Waals surface area contributed by atoms with E-state index in [1.165, 1.54) is 12.1 Å². The third-order valence-electron chi connectivity index (χ3n) is 2.79. The Balaban J connectivity index is 2.05. The van der Waals surface area contributed by atoms with Gasteiger partial charge >= 0.3 is 0 Å². The van der Waals surface area contributed by atoms with Gasteiger partial charge in [-0.3, -0.25) is 4.40 Å². The Hall–Kier alpha value is -1.92. The first kappa shape index (κ1) is 13.1. The van der Waals surface area contributed by atoms with Crippen LogP contribution in [0.3, 0.4) is 0 Å². The number of aliphatic hydroxyl groups is 1. The van der Waals surface area contributed by atoms with Crippen molar-refractivity contribution >= 4 is 21.6 Å². The standard InChI is InChI=1S/C14H10BrFN2O2/c15-9-5-10(16)7-11(6-9)20-14-12(8-19)18-4-2-1-3-13(18)17-14/h1-7,19H,8H2. The number of aromatic nitrogens is 2. The first-order chi connectivity index (χ1) is 9.67. The molecule has 2 aromatic heterocycles. The van der Waals surface area contributed by atoms with Crippen LogP contribution in [-0.4, -0.2) is 14.5 Å². The Morgan fingerprint density at radius 1 is 1.30 bits per heavy atom. The van der Waals surface area contributed by atoms with E-state index in [2.05, 4.69) is 20.9 Å². The summed E-state index contributed by atoms with van der Waals surface area (Å²) in [6, 6.07) is 9.70. The number of hydrogen-bond donors (Lipinski definition) is 1. The lowest BCUT2D eigenvalue weighted by Crippen LogP contribution is -1.94. The Morgan fingerprint density at radius 2 is 2.15 bits per heavy atom. The zero-order valence-electron chi connectivity index (χ0n) is 10.3. The highest BCUT2D eigenvalue weighted by atomic mass is 79.9. The first-order valence-corrected chi connectivity index (χ1v) is 6.67. The maximum Gasteiger partial charge on any atom is 0.243 e. The van der Waals surface area contributed by atoms with E-state index in [1.807, 2.05) is 12.1 Å². The predicted octanol–water partition coefficient (Wildman–Crippen LogP) is 3.52. The summed E-state index contributed by atoms with van der Waals surface area (Å²) in [6.07, 6.45) is 1.78. The van der Waals surface area contributed by atoms with E-state index in [0.29, 0.717) is 21.6 Å². The summed E-state index contributed by atoms with van der Waals surface area (Å²) in [7, 11) is 0. The maximum atomic E-state index is 13.3. The predicted molar refractivity (Wildman–Crippen MR) is 75.3 cm³/mol. The molecule has 0 spiro atoms. The van der Waals surface area contributed by atoms with E-state index in [4.69, 9.17) is 4.74 Å². The number of rotatable bonds is 3. The fraction of sp³-hybridized carbons (Fsp3) is 0.0714. The van der Waals surface area contributed by atoms with Crippen LogP contribution in [0.5, 0.6) is 11.6 Å². The van der Waals surface area contributed by atoms with Crippen LogP contribution in [0.1, 0.15) is 5.69 Å². The van der Waals surface area contributed by atoms with E-state index >= 15 is 0 Å². The van der Waals surface area contributed by atoms with Gasteiger partial charge in [0.05, 0.1) is 6.61 Å². The lowest BCUT2D eigenvalue weighted by molar-refractivity contribution is 0.269. The molecule has 1 aromatic carbocycles. The Morgan fingerprint density at radius 3 is 2.90 bits per heavy atom. The second-order valence-corrected chi connectivity index (χ2v) is 5.07. The highest BCUT2D eigenvalue weighted by Gasteiger charge is 2.13. The molecule has 1 N–H and O–H groups in total. The summed E-state index contributed by atoms with van der Waals surface area (Å²) >= 11 is 3.20. The van der Waals surface area contributed by atoms with Gasteiger partial charge in [0.25, 0.3) is 0 Å². The minimum atomic E-state index is -0.413. The number of halogens is 2. The molecule has 0 aliphatic heterocycles. The summed E-state index contributed by atoms with van der Waals surface area (Å²) in [4.78, 5) is 4.28. The number of ether oxygens (including phenoxy) is 1. The number of nitrogens with zero attached hydrogens (tertiary/aromatic N) is 2. The monoisotopic (exact) mass is 336 g/mol. The lowest BCUT2D eigenvalue weighted by Gasteiger charge is -2.05. The Bertz CT molecular complexity index is 753. The normalized spacial score (nSPS) is 10.9. The highest BCUT2D eigenvalue weighted by Crippen LogP contribution is 2.28. The van der Waals surface area contributed by atoms with Crippen molar-refractivity contribution in [1.82, 2.24) is 9.38 Å². The third kappa shape index (κ3) is 2.39. The van der Waals surface area contributed by atoms with Gasteiger partial charge in [0.15, 0.2) is 0 Å². The Labute approximate surface area is 122 Å². The van der Waals surface area contributed by atoms with Crippen LogP contribution in [0.4, 0.5) is 4.39 Å². The van der Waals surface area contributed by atoms with Gasteiger partial charge in [-0.25, -0.2) is 4.39 Å². The molecule has 20 heavy (non-hydrogen) atoms. The van der Waals surface area contributed by atoms with Gasteiger partial charge < -0.3 is 9.84 Å². The summed E-state index contributed by atoms with van der Waals surface area (Å²) in [5.41, 5.74) is 1.17. The SMILES string of the molecule is OCc1c(Oc2cc(F)cc(Br)c2)nc2ccccn12. The van der Waals surface area contributed by atoms with Crippen LogP contribution in [0, 0.1) is 5.82 Å². The van der Waals surface area contributed by atoms with Crippen molar-refractivity contribution in [2.45, 2.75) is 6.61 Å². The van der Waals surface area contributed by atoms with Gasteiger partial charge in [-0.15, -0.1) is 0 Å². The number of fused-ring (bicyclic) bond motifs is 1. The average molecular weight is 337 g/mol. The van der Waals surface area contributed by atoms with Gasteiger partial charge in [0.1, 0.15) is 22.9 Å². The molecule has 0 bridgehead atoms. The molecule has 2 heterocycles. The smallest absolute Gasteiger partial charge is 0.243 e. The van der Waals surface area contributed by atoms with Crippen molar-refractivity contribution in [3.63, 3.8) is 0 Å². The molecule has 0 aliphatic rings. The molecule has 0 atom stereocenters. The first-order valence-electron chi connectivity index (χ1n) is 5.88. The van der Waals surface area contributed by atoms with E-state index in [1.54, 1.807) is 22.7 Å². The van der Waals surface area contributed by atoms with Crippen molar-refractivity contribution in [1.29, 1.82) is 0 Å². The van der Waals surface area contributed by atoms with Gasteiger partial charge in [0.2, 0.25) is 5.88 Å². The molecule has 0 saturated heterocycles. The van der Waals surface area contributed by atoms with Gasteiger partial charge in [-0.2, -0.15) is 4.98 Å². The van der Waals surface area contributed by atoms with Crippen LogP contribution < -0.4 is 4.74 Å². The molecule has 3 rings (SSSR count). The molecule has 3 aromatic rings. The second-order valence-electron chi connectivity index (χ2n) is 4.16. The van der Waals surface area contributed by atoms with Gasteiger partial charge in [0, 0.05) is 16.7 Å². The molecule has 0 radical (unpaired) electrons. The third-order valence-corrected chi connectivity index (χ3v) is 3.25. The number of aliphatic hydroxyl groups excluding tert-OH is 1. The molecule has 102 valence electrons. The molecule has 0 amide bonds. The topological polar surface area (TPSA) is 46.8 Å². The van der Waals surface area contributed by atoms with Gasteiger partial charge in [-0.05, 0) is 24.3 Å². The van der Waals surface area contributed by atoms with Crippen LogP contribution >= 0.6 is 15.9 Å². The zero-order valence-corrected chi connectivity index (χ0v) is 11.8. The van der Waals surface area contributed by atoms with Crippen molar-refractivity contribution in [2.75, 3.05) is 0 Å². The zero-order chi connectivity index (χ0) is 14.1. The lowest BCUT2D eigenvalue weighted by atomic mass is 10.3. The number of hydrogen-bond acceptors (Lipinski definition) is 3. The van der Waals surface area contributed by atoms with E-state index < -0.39 is 5.82 Å². The van der Waals surface area contributed by atoms with Crippen LogP contribution in [0.25, 0.3) is 5.65 Å². The highest BCUT2D eigenvalue weighted by molar-refractivity contribution is 9.10. The molecule has 6 heteroatoms. The molecule has 4 nitrogen and oxygen atoms in total. The molecule has 0 fully saturated rings. The summed E-state index contributed by atoms with van der Waals surface area (Å²) in [6.45, 7) is -0.225. The van der Waals surface area contributed by atoms with E-state index in [0.717, 1.165) is 0 Å². The van der Waals surface area contributed by atoms with Crippen molar-refractivity contribution in [3.8, 4) is 11.6 Å². The van der Waals surface area contributed by atoms with Gasteiger partial charge in [-0.1, -0.05) is 22.0 Å². The maximum absolute atomic E-state index is 13.3. The summed E-state index contributed by atoms with van der Waals surface area (Å²) < 4.78 is 21.2. The fourth-order valence-electron chi connectivity index (χ4n) is 1.95. The van der Waals surface area contributed by atoms with E-state index in [9.17, 15) is 9.50 Å². The van der Waals surface area contributed by atoms with Crippen molar-refractivity contribution in [3.05, 3.63) is 58.6 Å². The quantitative estimate of drug-likeness (QED) is 0.795. The molecule has 0 unspecified atom stereocenters. The number of benzene rings is 1. The molecule has 0 aliphatic carbocycles. The number of pyridine rings is 1. The van der Waals surface area contributed by atoms with Crippen molar-refractivity contribution < 1.29 is 14.2 Å². The van der Waals surface area contributed by atoms with E-state index in [-0.39, 0.29) is 12.5 Å². The number of imidazole rings is 1. The molecular formula is C14H10BrFN2O2. The molecule has 0 saturated carbocycles. The Kier molecular flexibility index (Phi) is 3.42. The largest absolute Gasteiger partial charge is 0.437 e. The summed E-state index contributed by atoms with van der Waals surface area (Å²) in [5.74, 6) is 0.162. The average Bonchev–Trinajstić information content (AvgIpc) is 2.74.